The quantitative estimate of drug-likeness (QED) is 0.00951. The van der Waals surface area contributed by atoms with E-state index in [9.17, 15) is 58.9 Å². The molecule has 0 aliphatic heterocycles. The minimum atomic E-state index is -5.38. The molecule has 1 fully saturated rings. The summed E-state index contributed by atoms with van der Waals surface area (Å²) in [6.07, 6.45) is 24.9. The van der Waals surface area contributed by atoms with Crippen molar-refractivity contribution in [3.05, 3.63) is 60.8 Å². The second kappa shape index (κ2) is 37.5. The van der Waals surface area contributed by atoms with Gasteiger partial charge in [-0.3, -0.25) is 23.2 Å². The standard InChI is InChI=1S/C47H82O17P2/c1-3-5-7-9-11-13-14-15-16-17-18-20-22-26-31-35-41(50)62-39(37-61-66(58,59)64-47-44(53)42(51)43(52)46(45(47)54)63-65(55,56)57)36-60-40(49)34-30-27-23-25-29-33-38(48)32-28-24-21-19-12-10-8-6-4-2/h12,15-16,19,23-25,28-29,33,38-39,42-48,51-54H,3-11,13-14,17-18,20-22,26-27,30-32,34-37H2,1-2H3,(H,58,59)(H2,55,56,57)/b16-15-,19-12-,25-23+,28-24-,33-29-/t38?,39-,42?,43?,44?,45?,46-,47+/m1/s1. The summed E-state index contributed by atoms with van der Waals surface area (Å²) in [5.74, 6) is -1.35. The van der Waals surface area contributed by atoms with E-state index in [-0.39, 0.29) is 12.8 Å². The van der Waals surface area contributed by atoms with E-state index in [0.29, 0.717) is 25.7 Å². The van der Waals surface area contributed by atoms with Gasteiger partial charge in [0, 0.05) is 12.8 Å². The number of allylic oxidation sites excluding steroid dienone is 8. The fraction of sp³-hybridized carbons (Fsp3) is 0.745. The summed E-state index contributed by atoms with van der Waals surface area (Å²) < 4.78 is 49.2. The van der Waals surface area contributed by atoms with Crippen LogP contribution in [-0.4, -0.2) is 114 Å². The van der Waals surface area contributed by atoms with E-state index in [1.165, 1.54) is 57.8 Å². The van der Waals surface area contributed by atoms with Gasteiger partial charge in [0.05, 0.1) is 12.7 Å². The molecule has 1 rings (SSSR count). The normalized spacial score (nSPS) is 22.5. The van der Waals surface area contributed by atoms with Crippen molar-refractivity contribution in [2.75, 3.05) is 13.2 Å². The van der Waals surface area contributed by atoms with Crippen LogP contribution < -0.4 is 0 Å². The minimum absolute atomic E-state index is 0.00286. The van der Waals surface area contributed by atoms with Crippen LogP contribution in [0.3, 0.4) is 0 Å². The summed E-state index contributed by atoms with van der Waals surface area (Å²) in [5.41, 5.74) is 0. The number of hydrogen-bond donors (Lipinski definition) is 8. The number of carbonyl (C=O) groups excluding carboxylic acids is 2. The molecule has 0 saturated heterocycles. The highest BCUT2D eigenvalue weighted by Gasteiger charge is 2.54. The van der Waals surface area contributed by atoms with E-state index in [2.05, 4.69) is 42.7 Å². The highest BCUT2D eigenvalue weighted by Crippen LogP contribution is 2.49. The molecule has 19 heteroatoms. The SMILES string of the molecule is CCCCC/C=C\C/C=C\CC(O)/C=C\C=C\CCCC(=O)OC[C@H](COP(=O)(O)O[C@H]1C(O)C(O)C(O)[C@@H](OP(=O)(O)O)C1O)OC(=O)CCCCCCC/C=C\CCCCCCCC. The molecule has 0 heterocycles. The second-order valence-electron chi connectivity index (χ2n) is 16.7. The number of esters is 2. The first-order valence-corrected chi connectivity index (χ1v) is 27.0. The third kappa shape index (κ3) is 31.7. The van der Waals surface area contributed by atoms with Crippen molar-refractivity contribution in [3.8, 4) is 0 Å². The minimum Gasteiger partial charge on any atom is -0.462 e. The molecule has 0 spiro atoms. The van der Waals surface area contributed by atoms with Crippen LogP contribution in [-0.2, 0) is 41.8 Å². The largest absolute Gasteiger partial charge is 0.472 e. The summed E-state index contributed by atoms with van der Waals surface area (Å²) in [6, 6.07) is 0. The summed E-state index contributed by atoms with van der Waals surface area (Å²) >= 11 is 0. The lowest BCUT2D eigenvalue weighted by molar-refractivity contribution is -0.216. The molecule has 1 saturated carbocycles. The smallest absolute Gasteiger partial charge is 0.462 e. The highest BCUT2D eigenvalue weighted by atomic mass is 31.2. The molecule has 382 valence electrons. The molecule has 0 bridgehead atoms. The Kier molecular flexibility index (Phi) is 35.1. The van der Waals surface area contributed by atoms with Gasteiger partial charge in [0.1, 0.15) is 43.2 Å². The van der Waals surface area contributed by atoms with E-state index in [0.717, 1.165) is 51.4 Å². The number of carbonyl (C=O) groups is 2. The Morgan fingerprint density at radius 1 is 0.561 bits per heavy atom. The summed E-state index contributed by atoms with van der Waals surface area (Å²) in [4.78, 5) is 54.3. The van der Waals surface area contributed by atoms with Crippen molar-refractivity contribution in [1.82, 2.24) is 0 Å². The number of aliphatic hydroxyl groups excluding tert-OH is 5. The van der Waals surface area contributed by atoms with E-state index < -0.39 is 89.6 Å². The number of phosphoric acid groups is 2. The monoisotopic (exact) mass is 981 g/mol. The molecule has 8 N–H and O–H groups in total. The van der Waals surface area contributed by atoms with Gasteiger partial charge in [-0.1, -0.05) is 139 Å². The van der Waals surface area contributed by atoms with Gasteiger partial charge in [0.2, 0.25) is 0 Å². The lowest BCUT2D eigenvalue weighted by atomic mass is 9.85. The summed E-state index contributed by atoms with van der Waals surface area (Å²) in [7, 11) is -10.7. The predicted molar refractivity (Wildman–Crippen MR) is 252 cm³/mol. The van der Waals surface area contributed by atoms with Gasteiger partial charge >= 0.3 is 27.6 Å². The van der Waals surface area contributed by atoms with Crippen molar-refractivity contribution in [2.45, 2.75) is 210 Å². The molecular formula is C47H82O17P2. The molecule has 0 amide bonds. The Morgan fingerprint density at radius 3 is 1.71 bits per heavy atom. The molecule has 1 aliphatic carbocycles. The molecule has 9 atom stereocenters. The van der Waals surface area contributed by atoms with E-state index in [4.69, 9.17) is 18.5 Å². The van der Waals surface area contributed by atoms with Crippen LogP contribution in [0.5, 0.6) is 0 Å². The molecule has 0 aromatic rings. The highest BCUT2D eigenvalue weighted by molar-refractivity contribution is 7.47. The van der Waals surface area contributed by atoms with Gasteiger partial charge in [0.15, 0.2) is 6.10 Å². The number of aliphatic hydroxyl groups is 5. The van der Waals surface area contributed by atoms with Gasteiger partial charge in [0.25, 0.3) is 0 Å². The fourth-order valence-corrected chi connectivity index (χ4v) is 8.40. The summed E-state index contributed by atoms with van der Waals surface area (Å²) in [6.45, 7) is 2.94. The third-order valence-corrected chi connectivity index (χ3v) is 12.1. The van der Waals surface area contributed by atoms with Crippen molar-refractivity contribution < 1.29 is 82.0 Å². The Labute approximate surface area is 392 Å². The maximum atomic E-state index is 13.0. The van der Waals surface area contributed by atoms with Crippen LogP contribution in [0.2, 0.25) is 0 Å². The van der Waals surface area contributed by atoms with Crippen LogP contribution in [0.4, 0.5) is 0 Å². The average molecular weight is 981 g/mol. The van der Waals surface area contributed by atoms with Crippen molar-refractivity contribution in [3.63, 3.8) is 0 Å². The second-order valence-corrected chi connectivity index (χ2v) is 19.3. The zero-order valence-electron chi connectivity index (χ0n) is 39.2. The van der Waals surface area contributed by atoms with Crippen molar-refractivity contribution in [2.24, 2.45) is 0 Å². The van der Waals surface area contributed by atoms with Crippen LogP contribution in [0.25, 0.3) is 0 Å². The molecule has 0 radical (unpaired) electrons. The molecular weight excluding hydrogens is 898 g/mol. The van der Waals surface area contributed by atoms with Crippen LogP contribution >= 0.6 is 15.6 Å². The zero-order valence-corrected chi connectivity index (χ0v) is 41.0. The Hall–Kier alpha value is -2.34. The number of rotatable bonds is 39. The Morgan fingerprint density at radius 2 is 1.08 bits per heavy atom. The third-order valence-electron chi connectivity index (χ3n) is 10.6. The lowest BCUT2D eigenvalue weighted by Crippen LogP contribution is -2.64. The molecule has 1 aliphatic rings. The van der Waals surface area contributed by atoms with Crippen molar-refractivity contribution >= 4 is 27.6 Å². The average Bonchev–Trinajstić information content (AvgIpc) is 3.27. The maximum absolute atomic E-state index is 13.0. The Bertz CT molecular complexity index is 1530. The number of hydrogen-bond acceptors (Lipinski definition) is 14. The van der Waals surface area contributed by atoms with Gasteiger partial charge in [-0.15, -0.1) is 0 Å². The van der Waals surface area contributed by atoms with Gasteiger partial charge in [-0.05, 0) is 70.6 Å². The Balaban J connectivity index is 2.68. The topological polar surface area (TPSA) is 276 Å². The van der Waals surface area contributed by atoms with Crippen LogP contribution in [0.1, 0.15) is 162 Å². The fourth-order valence-electron chi connectivity index (χ4n) is 6.86. The zero-order chi connectivity index (χ0) is 49.1. The first-order valence-electron chi connectivity index (χ1n) is 23.9. The van der Waals surface area contributed by atoms with Crippen LogP contribution in [0.15, 0.2) is 60.8 Å². The molecule has 6 unspecified atom stereocenters. The first kappa shape index (κ1) is 61.7. The van der Waals surface area contributed by atoms with Crippen LogP contribution in [0, 0.1) is 0 Å². The van der Waals surface area contributed by atoms with Gasteiger partial charge < -0.3 is 49.7 Å². The van der Waals surface area contributed by atoms with Crippen molar-refractivity contribution in [1.29, 1.82) is 0 Å². The number of phosphoric ester groups is 2. The van der Waals surface area contributed by atoms with Gasteiger partial charge in [-0.25, -0.2) is 9.13 Å². The molecule has 0 aromatic heterocycles. The van der Waals surface area contributed by atoms with E-state index in [1.54, 1.807) is 18.2 Å². The lowest BCUT2D eigenvalue weighted by Gasteiger charge is -2.43. The number of unbranched alkanes of at least 4 members (excludes halogenated alkanes) is 15. The summed E-state index contributed by atoms with van der Waals surface area (Å²) in [5, 5.41) is 51.4. The van der Waals surface area contributed by atoms with E-state index >= 15 is 0 Å². The molecule has 66 heavy (non-hydrogen) atoms. The van der Waals surface area contributed by atoms with Gasteiger partial charge in [-0.2, -0.15) is 0 Å². The number of ether oxygens (including phenoxy) is 2. The molecule has 17 nitrogen and oxygen atoms in total. The molecule has 0 aromatic carbocycles. The maximum Gasteiger partial charge on any atom is 0.472 e. The predicted octanol–water partition coefficient (Wildman–Crippen LogP) is 8.03. The first-order chi connectivity index (χ1) is 31.5. The van der Waals surface area contributed by atoms with E-state index in [1.807, 2.05) is 18.2 Å².